The molecule has 0 aromatic carbocycles. The van der Waals surface area contributed by atoms with Crippen LogP contribution in [-0.4, -0.2) is 44.5 Å². The zero-order chi connectivity index (χ0) is 12.9. The van der Waals surface area contributed by atoms with Gasteiger partial charge >= 0.3 is 0 Å². The molecule has 0 radical (unpaired) electrons. The van der Waals surface area contributed by atoms with Crippen LogP contribution in [0.3, 0.4) is 0 Å². The summed E-state index contributed by atoms with van der Waals surface area (Å²) in [5, 5.41) is 5.79. The van der Waals surface area contributed by atoms with Crippen LogP contribution in [0.1, 0.15) is 33.1 Å². The van der Waals surface area contributed by atoms with Crippen LogP contribution in [0.5, 0.6) is 0 Å². The van der Waals surface area contributed by atoms with Crippen molar-refractivity contribution >= 4 is 15.7 Å². The predicted molar refractivity (Wildman–Crippen MR) is 67.6 cm³/mol. The molecule has 1 rings (SSSR count). The van der Waals surface area contributed by atoms with Gasteiger partial charge in [-0.25, -0.2) is 8.42 Å². The van der Waals surface area contributed by atoms with E-state index in [1.165, 1.54) is 0 Å². The number of hydrogen-bond acceptors (Lipinski definition) is 4. The van der Waals surface area contributed by atoms with Gasteiger partial charge in [0, 0.05) is 18.6 Å². The summed E-state index contributed by atoms with van der Waals surface area (Å²) in [5.41, 5.74) is 0. The molecule has 0 aromatic rings. The zero-order valence-corrected chi connectivity index (χ0v) is 11.3. The van der Waals surface area contributed by atoms with Gasteiger partial charge in [-0.3, -0.25) is 4.79 Å². The number of amides is 1. The highest BCUT2D eigenvalue weighted by Gasteiger charge is 2.25. The lowest BCUT2D eigenvalue weighted by atomic mass is 10.3. The second-order valence-corrected chi connectivity index (χ2v) is 6.88. The minimum Gasteiger partial charge on any atom is -0.352 e. The van der Waals surface area contributed by atoms with Crippen molar-refractivity contribution in [2.24, 2.45) is 0 Å². The Hall–Kier alpha value is -0.620. The fraction of sp³-hybridized carbons (Fsp3) is 0.909. The van der Waals surface area contributed by atoms with Crippen molar-refractivity contribution in [3.63, 3.8) is 0 Å². The summed E-state index contributed by atoms with van der Waals surface area (Å²) in [4.78, 5) is 11.4. The lowest BCUT2D eigenvalue weighted by molar-refractivity contribution is -0.118. The van der Waals surface area contributed by atoms with Gasteiger partial charge in [-0.2, -0.15) is 0 Å². The quantitative estimate of drug-likeness (QED) is 0.649. The summed E-state index contributed by atoms with van der Waals surface area (Å²) < 4.78 is 23.2. The minimum atomic E-state index is -3.28. The van der Waals surface area contributed by atoms with E-state index >= 15 is 0 Å². The molecule has 100 valence electrons. The molecular formula is C11H22N2O3S. The third kappa shape index (κ3) is 6.63. The van der Waals surface area contributed by atoms with Crippen LogP contribution < -0.4 is 10.6 Å². The molecule has 1 saturated carbocycles. The largest absolute Gasteiger partial charge is 0.352 e. The molecule has 0 aromatic heterocycles. The van der Waals surface area contributed by atoms with Crippen molar-refractivity contribution in [3.8, 4) is 0 Å². The topological polar surface area (TPSA) is 75.3 Å². The number of nitrogens with one attached hydrogen (secondary N) is 2. The molecule has 17 heavy (non-hydrogen) atoms. The Morgan fingerprint density at radius 2 is 2.06 bits per heavy atom. The van der Waals surface area contributed by atoms with E-state index in [2.05, 4.69) is 10.6 Å². The molecule has 0 bridgehead atoms. The van der Waals surface area contributed by atoms with Gasteiger partial charge in [0.2, 0.25) is 5.91 Å². The fourth-order valence-corrected chi connectivity index (χ4v) is 2.43. The van der Waals surface area contributed by atoms with Gasteiger partial charge in [0.05, 0.1) is 5.75 Å². The van der Waals surface area contributed by atoms with Crippen LogP contribution >= 0.6 is 0 Å². The van der Waals surface area contributed by atoms with E-state index in [-0.39, 0.29) is 23.5 Å². The first kappa shape index (κ1) is 14.4. The van der Waals surface area contributed by atoms with Crippen molar-refractivity contribution in [1.82, 2.24) is 10.6 Å². The van der Waals surface area contributed by atoms with Crippen molar-refractivity contribution in [2.45, 2.75) is 45.2 Å². The van der Waals surface area contributed by atoms with Crippen molar-refractivity contribution in [3.05, 3.63) is 0 Å². The summed E-state index contributed by atoms with van der Waals surface area (Å²) in [6, 6.07) is 0.529. The van der Waals surface area contributed by atoms with Gasteiger partial charge in [-0.15, -0.1) is 0 Å². The molecule has 1 amide bonds. The summed E-state index contributed by atoms with van der Waals surface area (Å²) in [5.74, 6) is -0.725. The third-order valence-corrected chi connectivity index (χ3v) is 4.34. The molecule has 1 atom stereocenters. The first-order chi connectivity index (χ1) is 7.93. The molecular weight excluding hydrogens is 240 g/mol. The van der Waals surface area contributed by atoms with Crippen LogP contribution in [0, 0.1) is 0 Å². The molecule has 1 aliphatic carbocycles. The van der Waals surface area contributed by atoms with E-state index in [1.54, 1.807) is 0 Å². The van der Waals surface area contributed by atoms with Crippen molar-refractivity contribution < 1.29 is 13.2 Å². The van der Waals surface area contributed by atoms with E-state index in [0.717, 1.165) is 19.3 Å². The maximum Gasteiger partial charge on any atom is 0.235 e. The third-order valence-electron chi connectivity index (χ3n) is 2.81. The smallest absolute Gasteiger partial charge is 0.235 e. The Morgan fingerprint density at radius 1 is 1.41 bits per heavy atom. The van der Waals surface area contributed by atoms with E-state index in [0.29, 0.717) is 12.6 Å². The SMILES string of the molecule is CCC(C)NCCS(=O)(=O)CC(=O)NC1CC1. The van der Waals surface area contributed by atoms with Gasteiger partial charge in [0.15, 0.2) is 9.84 Å². The number of sulfone groups is 1. The minimum absolute atomic E-state index is 0.0232. The molecule has 5 nitrogen and oxygen atoms in total. The Balaban J connectivity index is 2.22. The van der Waals surface area contributed by atoms with Gasteiger partial charge in [-0.05, 0) is 26.2 Å². The molecule has 0 heterocycles. The van der Waals surface area contributed by atoms with Crippen molar-refractivity contribution in [2.75, 3.05) is 18.1 Å². The molecule has 1 fully saturated rings. The van der Waals surface area contributed by atoms with E-state index in [1.807, 2.05) is 13.8 Å². The number of carbonyl (C=O) groups excluding carboxylic acids is 1. The Kier molecular flexibility index (Phi) is 5.39. The standard InChI is InChI=1S/C11H22N2O3S/c1-3-9(2)12-6-7-17(15,16)8-11(14)13-10-4-5-10/h9-10,12H,3-8H2,1-2H3,(H,13,14). The van der Waals surface area contributed by atoms with Gasteiger partial charge in [0.1, 0.15) is 5.75 Å². The van der Waals surface area contributed by atoms with Gasteiger partial charge in [0.25, 0.3) is 0 Å². The average Bonchev–Trinajstić information content (AvgIpc) is 2.99. The highest BCUT2D eigenvalue weighted by molar-refractivity contribution is 7.92. The summed E-state index contributed by atoms with van der Waals surface area (Å²) in [6.07, 6.45) is 2.91. The Bertz CT molecular complexity index is 350. The molecule has 1 aliphatic rings. The summed E-state index contributed by atoms with van der Waals surface area (Å²) in [7, 11) is -3.28. The highest BCUT2D eigenvalue weighted by atomic mass is 32.2. The van der Waals surface area contributed by atoms with Crippen LogP contribution in [0.4, 0.5) is 0 Å². The van der Waals surface area contributed by atoms with E-state index in [4.69, 9.17) is 0 Å². The van der Waals surface area contributed by atoms with Crippen LogP contribution in [0.25, 0.3) is 0 Å². The van der Waals surface area contributed by atoms with E-state index in [9.17, 15) is 13.2 Å². The zero-order valence-electron chi connectivity index (χ0n) is 10.5. The van der Waals surface area contributed by atoms with Crippen molar-refractivity contribution in [1.29, 1.82) is 0 Å². The second-order valence-electron chi connectivity index (χ2n) is 4.70. The molecule has 1 unspecified atom stereocenters. The molecule has 0 spiro atoms. The number of hydrogen-bond donors (Lipinski definition) is 2. The van der Waals surface area contributed by atoms with Crippen LogP contribution in [0.2, 0.25) is 0 Å². The van der Waals surface area contributed by atoms with Crippen LogP contribution in [-0.2, 0) is 14.6 Å². The first-order valence-corrected chi connectivity index (χ1v) is 7.98. The summed E-state index contributed by atoms with van der Waals surface area (Å²) in [6.45, 7) is 4.45. The normalized spacial score (nSPS) is 17.8. The lowest BCUT2D eigenvalue weighted by Gasteiger charge is -2.11. The molecule has 0 saturated heterocycles. The van der Waals surface area contributed by atoms with E-state index < -0.39 is 9.84 Å². The first-order valence-electron chi connectivity index (χ1n) is 6.16. The van der Waals surface area contributed by atoms with Crippen LogP contribution in [0.15, 0.2) is 0 Å². The lowest BCUT2D eigenvalue weighted by Crippen LogP contribution is -2.36. The van der Waals surface area contributed by atoms with Gasteiger partial charge in [-0.1, -0.05) is 6.92 Å². The predicted octanol–water partition coefficient (Wildman–Crippen LogP) is 0.0679. The molecule has 0 aliphatic heterocycles. The number of carbonyl (C=O) groups is 1. The maximum atomic E-state index is 11.6. The average molecular weight is 262 g/mol. The molecule has 6 heteroatoms. The highest BCUT2D eigenvalue weighted by Crippen LogP contribution is 2.18. The maximum absolute atomic E-state index is 11.6. The number of rotatable bonds is 8. The summed E-state index contributed by atoms with van der Waals surface area (Å²) >= 11 is 0. The Labute approximate surface area is 103 Å². The second kappa shape index (κ2) is 6.35. The fourth-order valence-electron chi connectivity index (χ4n) is 1.37. The van der Waals surface area contributed by atoms with Gasteiger partial charge < -0.3 is 10.6 Å². The monoisotopic (exact) mass is 262 g/mol. The Morgan fingerprint density at radius 3 is 2.59 bits per heavy atom. The molecule has 2 N–H and O–H groups in total.